The highest BCUT2D eigenvalue weighted by atomic mass is 32.2. The molecule has 0 atom stereocenters. The van der Waals surface area contributed by atoms with Gasteiger partial charge in [-0.2, -0.15) is 21.6 Å². The number of hydrogen-bond donors (Lipinski definition) is 0. The van der Waals surface area contributed by atoms with Gasteiger partial charge in [-0.25, -0.2) is 0 Å². The first kappa shape index (κ1) is 13.1. The van der Waals surface area contributed by atoms with Crippen molar-refractivity contribution in [3.05, 3.63) is 23.0 Å². The van der Waals surface area contributed by atoms with Crippen LogP contribution in [-0.2, 0) is 14.3 Å². The van der Waals surface area contributed by atoms with Crippen LogP contribution in [0.4, 0.5) is 13.2 Å². The molecule has 3 nitrogen and oxygen atoms in total. The number of halogens is 3. The maximum Gasteiger partial charge on any atom is 0.534 e. The molecular formula is C9H11F3O3S. The van der Waals surface area contributed by atoms with Crippen molar-refractivity contribution < 1.29 is 25.8 Å². The maximum absolute atomic E-state index is 12.1. The molecule has 0 saturated heterocycles. The standard InChI is InChI=1S/C9H11F3O3S/c1-6-4-3-5-7(2)8(6)15-16(13,14)9(10,11)12/h4H,3,5H2,1-2H3. The highest BCUT2D eigenvalue weighted by molar-refractivity contribution is 7.87. The van der Waals surface area contributed by atoms with Crippen molar-refractivity contribution in [2.24, 2.45) is 0 Å². The van der Waals surface area contributed by atoms with E-state index in [1.165, 1.54) is 6.92 Å². The van der Waals surface area contributed by atoms with E-state index in [0.717, 1.165) is 0 Å². The normalized spacial score (nSPS) is 18.4. The molecule has 0 fully saturated rings. The summed E-state index contributed by atoms with van der Waals surface area (Å²) >= 11 is 0. The Balaban J connectivity index is 3.03. The lowest BCUT2D eigenvalue weighted by Crippen LogP contribution is -2.26. The second kappa shape index (κ2) is 4.12. The van der Waals surface area contributed by atoms with E-state index in [1.54, 1.807) is 13.0 Å². The van der Waals surface area contributed by atoms with Crippen LogP contribution in [0.2, 0.25) is 0 Å². The summed E-state index contributed by atoms with van der Waals surface area (Å²) in [6.45, 7) is 3.07. The molecule has 0 N–H and O–H groups in total. The lowest BCUT2D eigenvalue weighted by molar-refractivity contribution is -0.0521. The van der Waals surface area contributed by atoms with E-state index < -0.39 is 15.6 Å². The van der Waals surface area contributed by atoms with Gasteiger partial charge in [-0.05, 0) is 37.8 Å². The van der Waals surface area contributed by atoms with E-state index in [9.17, 15) is 21.6 Å². The van der Waals surface area contributed by atoms with Crippen LogP contribution in [0.25, 0.3) is 0 Å². The van der Waals surface area contributed by atoms with Gasteiger partial charge in [0.2, 0.25) is 0 Å². The predicted molar refractivity (Wildman–Crippen MR) is 51.8 cm³/mol. The van der Waals surface area contributed by atoms with Gasteiger partial charge in [-0.3, -0.25) is 0 Å². The zero-order valence-corrected chi connectivity index (χ0v) is 9.57. The molecule has 0 aromatic rings. The second-order valence-electron chi connectivity index (χ2n) is 3.52. The van der Waals surface area contributed by atoms with Crippen molar-refractivity contribution in [1.29, 1.82) is 0 Å². The molecule has 0 bridgehead atoms. The molecule has 0 unspecified atom stereocenters. The molecule has 0 radical (unpaired) electrons. The molecule has 0 saturated carbocycles. The van der Waals surface area contributed by atoms with Crippen LogP contribution in [0.15, 0.2) is 23.0 Å². The summed E-state index contributed by atoms with van der Waals surface area (Å²) in [5, 5.41) is 0. The summed E-state index contributed by atoms with van der Waals surface area (Å²) in [4.78, 5) is 0. The van der Waals surface area contributed by atoms with E-state index in [-0.39, 0.29) is 5.76 Å². The Kier molecular flexibility index (Phi) is 3.37. The first-order chi connectivity index (χ1) is 7.15. The third kappa shape index (κ3) is 2.58. The first-order valence-electron chi connectivity index (χ1n) is 4.53. The van der Waals surface area contributed by atoms with Crippen molar-refractivity contribution >= 4 is 10.1 Å². The minimum Gasteiger partial charge on any atom is -0.376 e. The van der Waals surface area contributed by atoms with E-state index in [1.807, 2.05) is 0 Å². The van der Waals surface area contributed by atoms with E-state index in [4.69, 9.17) is 0 Å². The van der Waals surface area contributed by atoms with E-state index in [0.29, 0.717) is 24.0 Å². The monoisotopic (exact) mass is 256 g/mol. The van der Waals surface area contributed by atoms with Crippen molar-refractivity contribution in [3.63, 3.8) is 0 Å². The van der Waals surface area contributed by atoms with Crippen molar-refractivity contribution in [2.75, 3.05) is 0 Å². The lowest BCUT2D eigenvalue weighted by atomic mass is 10.00. The third-order valence-electron chi connectivity index (χ3n) is 2.19. The number of rotatable bonds is 2. The minimum atomic E-state index is -5.56. The summed E-state index contributed by atoms with van der Waals surface area (Å²) in [6.07, 6.45) is 2.82. The van der Waals surface area contributed by atoms with Crippen LogP contribution < -0.4 is 0 Å². The summed E-state index contributed by atoms with van der Waals surface area (Å²) in [6, 6.07) is 0. The van der Waals surface area contributed by atoms with Gasteiger partial charge >= 0.3 is 15.6 Å². The van der Waals surface area contributed by atoms with Gasteiger partial charge in [0.1, 0.15) is 5.76 Å². The smallest absolute Gasteiger partial charge is 0.376 e. The van der Waals surface area contributed by atoms with Gasteiger partial charge in [0.25, 0.3) is 0 Å². The van der Waals surface area contributed by atoms with Crippen molar-refractivity contribution in [2.45, 2.75) is 32.2 Å². The van der Waals surface area contributed by atoms with Crippen LogP contribution in [0, 0.1) is 0 Å². The van der Waals surface area contributed by atoms with Crippen LogP contribution in [0.5, 0.6) is 0 Å². The van der Waals surface area contributed by atoms with Gasteiger partial charge in [-0.15, -0.1) is 0 Å². The zero-order valence-electron chi connectivity index (χ0n) is 8.76. The Morgan fingerprint density at radius 3 is 2.31 bits per heavy atom. The maximum atomic E-state index is 12.1. The third-order valence-corrected chi connectivity index (χ3v) is 3.15. The van der Waals surface area contributed by atoms with Crippen molar-refractivity contribution in [3.8, 4) is 0 Å². The molecule has 0 heterocycles. The van der Waals surface area contributed by atoms with Crippen LogP contribution in [0.1, 0.15) is 26.7 Å². The second-order valence-corrected chi connectivity index (χ2v) is 5.06. The summed E-state index contributed by atoms with van der Waals surface area (Å²) in [5.41, 5.74) is -4.47. The topological polar surface area (TPSA) is 43.4 Å². The van der Waals surface area contributed by atoms with Gasteiger partial charge in [0.15, 0.2) is 0 Å². The summed E-state index contributed by atoms with van der Waals surface area (Å²) in [5.74, 6) is -0.191. The molecular weight excluding hydrogens is 245 g/mol. The molecule has 1 aliphatic carbocycles. The predicted octanol–water partition coefficient (Wildman–Crippen LogP) is 2.87. The molecule has 1 rings (SSSR count). The fourth-order valence-corrected chi connectivity index (χ4v) is 1.93. The summed E-state index contributed by atoms with van der Waals surface area (Å²) < 4.78 is 62.0. The number of hydrogen-bond acceptors (Lipinski definition) is 3. The quantitative estimate of drug-likeness (QED) is 0.563. The Bertz CT molecular complexity index is 443. The highest BCUT2D eigenvalue weighted by Gasteiger charge is 2.49. The number of allylic oxidation sites excluding steroid dienone is 3. The van der Waals surface area contributed by atoms with Crippen LogP contribution >= 0.6 is 0 Å². The highest BCUT2D eigenvalue weighted by Crippen LogP contribution is 2.32. The molecule has 7 heteroatoms. The van der Waals surface area contributed by atoms with E-state index >= 15 is 0 Å². The van der Waals surface area contributed by atoms with Crippen LogP contribution in [0.3, 0.4) is 0 Å². The average molecular weight is 256 g/mol. The Morgan fingerprint density at radius 1 is 1.31 bits per heavy atom. The van der Waals surface area contributed by atoms with Gasteiger partial charge in [0.05, 0.1) is 0 Å². The zero-order chi connectivity index (χ0) is 12.6. The first-order valence-corrected chi connectivity index (χ1v) is 5.93. The average Bonchev–Trinajstić information content (AvgIpc) is 2.10. The largest absolute Gasteiger partial charge is 0.534 e. The number of alkyl halides is 3. The molecule has 92 valence electrons. The lowest BCUT2D eigenvalue weighted by Gasteiger charge is -2.18. The fourth-order valence-electron chi connectivity index (χ4n) is 1.34. The van der Waals surface area contributed by atoms with E-state index in [2.05, 4.69) is 4.18 Å². The molecule has 0 aromatic heterocycles. The molecule has 0 aromatic carbocycles. The van der Waals surface area contributed by atoms with Gasteiger partial charge in [0, 0.05) is 0 Å². The fraction of sp³-hybridized carbons (Fsp3) is 0.556. The molecule has 1 aliphatic rings. The summed E-state index contributed by atoms with van der Waals surface area (Å²) in [7, 11) is -5.56. The van der Waals surface area contributed by atoms with Gasteiger partial charge < -0.3 is 4.18 Å². The Morgan fingerprint density at radius 2 is 1.88 bits per heavy atom. The Hall–Kier alpha value is -0.980. The SMILES string of the molecule is CC1=CCCC(C)=C1OS(=O)(=O)C(F)(F)F. The Labute approximate surface area is 91.7 Å². The molecule has 0 spiro atoms. The minimum absolute atomic E-state index is 0.191. The van der Waals surface area contributed by atoms with Crippen LogP contribution in [-0.4, -0.2) is 13.9 Å². The molecule has 0 amide bonds. The molecule has 16 heavy (non-hydrogen) atoms. The molecule has 0 aliphatic heterocycles. The van der Waals surface area contributed by atoms with Gasteiger partial charge in [-0.1, -0.05) is 6.08 Å². The van der Waals surface area contributed by atoms with Crippen molar-refractivity contribution in [1.82, 2.24) is 0 Å².